The Kier molecular flexibility index (Phi) is 11.6. The molecule has 3 heterocycles. The molecule has 1 unspecified atom stereocenters. The molecule has 1 aliphatic rings. The lowest BCUT2D eigenvalue weighted by atomic mass is 10.00. The highest BCUT2D eigenvalue weighted by Crippen LogP contribution is 2.32. The Morgan fingerprint density at radius 2 is 2.00 bits per heavy atom. The molecule has 1 atom stereocenters. The molecule has 0 radical (unpaired) electrons. The van der Waals surface area contributed by atoms with Crippen LogP contribution in [-0.2, 0) is 10.0 Å². The van der Waals surface area contributed by atoms with Crippen molar-refractivity contribution < 1.29 is 17.9 Å². The van der Waals surface area contributed by atoms with Crippen molar-refractivity contribution in [2.45, 2.75) is 24.7 Å². The van der Waals surface area contributed by atoms with Gasteiger partial charge in [-0.3, -0.25) is 0 Å². The van der Waals surface area contributed by atoms with Gasteiger partial charge < -0.3 is 14.8 Å². The first-order valence-electron chi connectivity index (χ1n) is 12.7. The summed E-state index contributed by atoms with van der Waals surface area (Å²) in [6.45, 7) is 7.35. The van der Waals surface area contributed by atoms with Gasteiger partial charge in [0, 0.05) is 38.1 Å². The summed E-state index contributed by atoms with van der Waals surface area (Å²) in [4.78, 5) is 4.94. The summed E-state index contributed by atoms with van der Waals surface area (Å²) in [5, 5.41) is 7.95. The number of sulfonamides is 1. The topological polar surface area (TPSA) is 98.1 Å². The molecule has 3 aromatic rings. The van der Waals surface area contributed by atoms with Crippen LogP contribution in [0.2, 0.25) is 0 Å². The summed E-state index contributed by atoms with van der Waals surface area (Å²) in [6.07, 6.45) is 12.5. The average molecular weight is 653 g/mol. The van der Waals surface area contributed by atoms with Crippen LogP contribution in [0.3, 0.4) is 0 Å². The fraction of sp³-hybridized carbons (Fsp3) is 0.357. The molecule has 9 nitrogen and oxygen atoms in total. The van der Waals surface area contributed by atoms with E-state index in [4.69, 9.17) is 14.5 Å². The number of halogens is 2. The van der Waals surface area contributed by atoms with E-state index in [1.165, 1.54) is 26.7 Å². The van der Waals surface area contributed by atoms with Crippen LogP contribution in [0.4, 0.5) is 5.82 Å². The number of nitrogens with one attached hydrogen (secondary N) is 1. The summed E-state index contributed by atoms with van der Waals surface area (Å²) in [7, 11) is -0.675. The van der Waals surface area contributed by atoms with Crippen LogP contribution < -0.4 is 14.8 Å². The summed E-state index contributed by atoms with van der Waals surface area (Å²) >= 11 is 8.17. The molecular formula is C28H35BrClN5O4S. The lowest BCUT2D eigenvalue weighted by Gasteiger charge is -2.32. The van der Waals surface area contributed by atoms with Gasteiger partial charge in [0.2, 0.25) is 10.0 Å². The largest absolute Gasteiger partial charge is 0.493 e. The van der Waals surface area contributed by atoms with Crippen LogP contribution in [0.25, 0.3) is 11.2 Å². The maximum atomic E-state index is 13.5. The molecule has 2 aromatic heterocycles. The summed E-state index contributed by atoms with van der Waals surface area (Å²) in [5.74, 6) is 1.75. The van der Waals surface area contributed by atoms with Gasteiger partial charge in [0.05, 0.1) is 35.5 Å². The fourth-order valence-electron chi connectivity index (χ4n) is 4.45. The number of allylic oxidation sites excluding steroid dienone is 5. The number of hydrogen-bond acceptors (Lipinski definition) is 7. The fourth-order valence-corrected chi connectivity index (χ4v) is 6.37. The van der Waals surface area contributed by atoms with Crippen molar-refractivity contribution in [1.29, 1.82) is 0 Å². The second kappa shape index (κ2) is 14.7. The average Bonchev–Trinajstić information content (AvgIpc) is 3.37. The van der Waals surface area contributed by atoms with Crippen LogP contribution in [0.1, 0.15) is 25.5 Å². The van der Waals surface area contributed by atoms with Gasteiger partial charge in [-0.2, -0.15) is 13.9 Å². The summed E-state index contributed by atoms with van der Waals surface area (Å²) in [6, 6.07) is 6.62. The van der Waals surface area contributed by atoms with E-state index in [2.05, 4.69) is 44.5 Å². The minimum absolute atomic E-state index is 0.113. The predicted octanol–water partition coefficient (Wildman–Crippen LogP) is 6.02. The van der Waals surface area contributed by atoms with Crippen molar-refractivity contribution in [3.63, 3.8) is 0 Å². The SMILES string of the molecule is C=C/C(=C\C=C/C)c1cc(NCC2CCCN(S(=O)(=O)c3ccc(OC)c(OC)c3)C2)n2ncc(Br)c2n1.CCl. The molecule has 0 bridgehead atoms. The van der Waals surface area contributed by atoms with Crippen molar-refractivity contribution in [3.8, 4) is 11.5 Å². The number of alkyl halides is 1. The quantitative estimate of drug-likeness (QED) is 0.211. The highest BCUT2D eigenvalue weighted by molar-refractivity contribution is 9.10. The van der Waals surface area contributed by atoms with Crippen molar-refractivity contribution in [3.05, 3.63) is 71.5 Å². The second-order valence-corrected chi connectivity index (χ2v) is 11.7. The van der Waals surface area contributed by atoms with Crippen LogP contribution in [0.5, 0.6) is 11.5 Å². The number of hydrogen-bond donors (Lipinski definition) is 1. The molecule has 0 spiro atoms. The summed E-state index contributed by atoms with van der Waals surface area (Å²) < 4.78 is 41.5. The summed E-state index contributed by atoms with van der Waals surface area (Å²) in [5.41, 5.74) is 2.32. The van der Waals surface area contributed by atoms with Crippen LogP contribution >= 0.6 is 27.5 Å². The molecule has 1 aromatic carbocycles. The number of anilines is 1. The van der Waals surface area contributed by atoms with Crippen LogP contribution in [0, 0.1) is 5.92 Å². The van der Waals surface area contributed by atoms with Gasteiger partial charge in [-0.15, -0.1) is 11.6 Å². The van der Waals surface area contributed by atoms with Gasteiger partial charge in [-0.1, -0.05) is 30.9 Å². The van der Waals surface area contributed by atoms with Crippen molar-refractivity contribution >= 4 is 54.6 Å². The zero-order valence-corrected chi connectivity index (χ0v) is 26.3. The molecule has 12 heteroatoms. The number of nitrogens with zero attached hydrogens (tertiary/aromatic N) is 4. The number of benzene rings is 1. The van der Waals surface area contributed by atoms with Crippen molar-refractivity contribution in [1.82, 2.24) is 18.9 Å². The van der Waals surface area contributed by atoms with Gasteiger partial charge in [0.15, 0.2) is 17.1 Å². The third-order valence-corrected chi connectivity index (χ3v) is 8.88. The number of ether oxygens (including phenoxy) is 2. The molecule has 1 aliphatic heterocycles. The Balaban J connectivity index is 0.00000216. The van der Waals surface area contributed by atoms with Gasteiger partial charge >= 0.3 is 0 Å². The Morgan fingerprint density at radius 3 is 2.67 bits per heavy atom. The molecule has 0 amide bonds. The zero-order valence-electron chi connectivity index (χ0n) is 23.1. The first-order chi connectivity index (χ1) is 19.3. The molecule has 1 saturated heterocycles. The standard InChI is InChI=1S/C27H32BrN5O4S.CH3Cl/c1-5-7-10-20(6-2)23-15-26(33-27(31-23)22(28)17-30-33)29-16-19-9-8-13-32(18-19)38(34,35)21-11-12-24(36-3)25(14-21)37-4;1-2/h5-7,10-12,14-15,17,19,29H,2,8-9,13,16,18H2,1,3-4H3;1H3/b7-5-,20-10+;. The lowest BCUT2D eigenvalue weighted by Crippen LogP contribution is -2.41. The van der Waals surface area contributed by atoms with Crippen LogP contribution in [-0.4, -0.2) is 67.6 Å². The maximum Gasteiger partial charge on any atom is 0.243 e. The first kappa shape index (κ1) is 31.7. The number of methoxy groups -OCH3 is 2. The zero-order chi connectivity index (χ0) is 29.3. The molecule has 1 N–H and O–H groups in total. The van der Waals surface area contributed by atoms with E-state index in [-0.39, 0.29) is 10.8 Å². The lowest BCUT2D eigenvalue weighted by molar-refractivity contribution is 0.275. The monoisotopic (exact) mass is 651 g/mol. The van der Waals surface area contributed by atoms with Crippen LogP contribution in [0.15, 0.2) is 70.7 Å². The number of rotatable bonds is 10. The van der Waals surface area contributed by atoms with E-state index in [1.807, 2.05) is 31.2 Å². The Hall–Kier alpha value is -2.86. The van der Waals surface area contributed by atoms with Crippen molar-refractivity contribution in [2.75, 3.05) is 45.6 Å². The third kappa shape index (κ3) is 7.06. The molecule has 4 rings (SSSR count). The second-order valence-electron chi connectivity index (χ2n) is 8.88. The van der Waals surface area contributed by atoms with E-state index < -0.39 is 10.0 Å². The van der Waals surface area contributed by atoms with E-state index >= 15 is 0 Å². The Bertz CT molecular complexity index is 1490. The van der Waals surface area contributed by atoms with Crippen molar-refractivity contribution in [2.24, 2.45) is 5.92 Å². The van der Waals surface area contributed by atoms with Gasteiger partial charge in [0.25, 0.3) is 0 Å². The highest BCUT2D eigenvalue weighted by atomic mass is 79.9. The molecule has 216 valence electrons. The third-order valence-electron chi connectivity index (χ3n) is 6.46. The molecule has 1 fully saturated rings. The minimum atomic E-state index is -3.69. The predicted molar refractivity (Wildman–Crippen MR) is 165 cm³/mol. The maximum absolute atomic E-state index is 13.5. The van der Waals surface area contributed by atoms with E-state index in [9.17, 15) is 8.42 Å². The normalized spacial score (nSPS) is 16.4. The smallest absolute Gasteiger partial charge is 0.243 e. The first-order valence-corrected chi connectivity index (χ1v) is 15.6. The molecule has 40 heavy (non-hydrogen) atoms. The Morgan fingerprint density at radius 1 is 1.25 bits per heavy atom. The van der Waals surface area contributed by atoms with E-state index in [1.54, 1.807) is 33.2 Å². The number of fused-ring (bicyclic) bond motifs is 1. The molecular weight excluding hydrogens is 618 g/mol. The Labute approximate surface area is 249 Å². The number of aromatic nitrogens is 3. The number of piperidine rings is 1. The van der Waals surface area contributed by atoms with Gasteiger partial charge in [-0.05, 0) is 59.3 Å². The molecule has 0 aliphatic carbocycles. The van der Waals surface area contributed by atoms with E-state index in [0.29, 0.717) is 36.8 Å². The highest BCUT2D eigenvalue weighted by Gasteiger charge is 2.31. The minimum Gasteiger partial charge on any atom is -0.493 e. The molecule has 0 saturated carbocycles. The van der Waals surface area contributed by atoms with E-state index in [0.717, 1.165) is 34.4 Å². The van der Waals surface area contributed by atoms with Gasteiger partial charge in [-0.25, -0.2) is 13.4 Å². The van der Waals surface area contributed by atoms with Gasteiger partial charge in [0.1, 0.15) is 5.82 Å².